The third kappa shape index (κ3) is 7.85. The first-order valence-electron chi connectivity index (χ1n) is 13.7. The van der Waals surface area contributed by atoms with Crippen LogP contribution >= 0.6 is 0 Å². The molecule has 2 heterocycles. The van der Waals surface area contributed by atoms with Gasteiger partial charge in [0.2, 0.25) is 5.91 Å². The van der Waals surface area contributed by atoms with E-state index in [-0.39, 0.29) is 25.4 Å². The van der Waals surface area contributed by atoms with E-state index in [0.717, 1.165) is 27.9 Å². The molecule has 2 amide bonds. The molecule has 2 aromatic heterocycles. The normalized spacial score (nSPS) is 11.4. The van der Waals surface area contributed by atoms with Crippen LogP contribution in [0.25, 0.3) is 16.8 Å². The van der Waals surface area contributed by atoms with E-state index < -0.39 is 18.1 Å². The Kier molecular flexibility index (Phi) is 9.57. The molecule has 0 spiro atoms. The van der Waals surface area contributed by atoms with Crippen molar-refractivity contribution < 1.29 is 24.2 Å². The molecular weight excluding hydrogens is 564 g/mol. The predicted octanol–water partition coefficient (Wildman–Crippen LogP) is 3.98. The van der Waals surface area contributed by atoms with Crippen molar-refractivity contribution >= 4 is 23.7 Å². The topological polar surface area (TPSA) is 174 Å². The molecule has 3 N–H and O–H groups in total. The van der Waals surface area contributed by atoms with E-state index in [9.17, 15) is 14.4 Å². The third-order valence-electron chi connectivity index (χ3n) is 6.63. The summed E-state index contributed by atoms with van der Waals surface area (Å²) in [5.41, 5.74) is 5.19. The number of carboxylic acid groups (broad SMARTS) is 1. The standard InChI is InChI=1S/C31H28N8O5/c40-28(15-12-22-6-4-5-9-27(22)39-20-33-37-38-39)35-30(23-7-2-1-3-8-23)26-18-24(19-32-36-26)21-10-13-25(14-11-21)34-31(43)44-17-16-29(41)42/h1-11,13-14,18-20,30H,12,15-17H2,(H,34,43)(H,35,40)(H,41,42). The van der Waals surface area contributed by atoms with Crippen molar-refractivity contribution in [1.82, 2.24) is 35.7 Å². The Balaban J connectivity index is 1.29. The van der Waals surface area contributed by atoms with Crippen LogP contribution in [0.5, 0.6) is 0 Å². The van der Waals surface area contributed by atoms with Crippen LogP contribution in [0.3, 0.4) is 0 Å². The van der Waals surface area contributed by atoms with E-state index in [1.807, 2.05) is 60.7 Å². The molecule has 0 saturated heterocycles. The highest BCUT2D eigenvalue weighted by Crippen LogP contribution is 2.26. The Bertz CT molecular complexity index is 1710. The summed E-state index contributed by atoms with van der Waals surface area (Å²) >= 11 is 0. The number of rotatable bonds is 12. The average Bonchev–Trinajstić information content (AvgIpc) is 3.59. The van der Waals surface area contributed by atoms with Crippen molar-refractivity contribution in [3.05, 3.63) is 114 Å². The fourth-order valence-electron chi connectivity index (χ4n) is 4.49. The zero-order valence-corrected chi connectivity index (χ0v) is 23.4. The van der Waals surface area contributed by atoms with Gasteiger partial charge in [-0.3, -0.25) is 14.9 Å². The Morgan fingerprint density at radius 2 is 1.66 bits per heavy atom. The maximum Gasteiger partial charge on any atom is 0.411 e. The molecule has 5 aromatic rings. The van der Waals surface area contributed by atoms with E-state index >= 15 is 0 Å². The number of aliphatic carboxylic acids is 1. The second kappa shape index (κ2) is 14.3. The molecule has 222 valence electrons. The highest BCUT2D eigenvalue weighted by Gasteiger charge is 2.20. The smallest absolute Gasteiger partial charge is 0.411 e. The van der Waals surface area contributed by atoms with Gasteiger partial charge in [0.05, 0.1) is 30.0 Å². The highest BCUT2D eigenvalue weighted by atomic mass is 16.5. The highest BCUT2D eigenvalue weighted by molar-refractivity contribution is 5.85. The van der Waals surface area contributed by atoms with Crippen molar-refractivity contribution in [2.75, 3.05) is 11.9 Å². The van der Waals surface area contributed by atoms with Gasteiger partial charge in [-0.15, -0.1) is 5.10 Å². The summed E-state index contributed by atoms with van der Waals surface area (Å²) in [6.07, 6.45) is 2.81. The van der Waals surface area contributed by atoms with E-state index in [0.29, 0.717) is 17.8 Å². The molecular formula is C31H28N8O5. The van der Waals surface area contributed by atoms with E-state index in [4.69, 9.17) is 9.84 Å². The van der Waals surface area contributed by atoms with E-state index in [2.05, 4.69) is 36.4 Å². The minimum atomic E-state index is -1.05. The van der Waals surface area contributed by atoms with Crippen LogP contribution in [0, 0.1) is 0 Å². The number of carboxylic acids is 1. The summed E-state index contributed by atoms with van der Waals surface area (Å²) in [6.45, 7) is -0.224. The molecule has 1 atom stereocenters. The number of ether oxygens (including phenoxy) is 1. The van der Waals surface area contributed by atoms with Crippen LogP contribution < -0.4 is 10.6 Å². The predicted molar refractivity (Wildman–Crippen MR) is 159 cm³/mol. The summed E-state index contributed by atoms with van der Waals surface area (Å²) in [5.74, 6) is -1.21. The van der Waals surface area contributed by atoms with E-state index in [1.54, 1.807) is 35.1 Å². The monoisotopic (exact) mass is 592 g/mol. The van der Waals surface area contributed by atoms with Gasteiger partial charge in [-0.05, 0) is 57.8 Å². The number of carbonyl (C=O) groups is 3. The van der Waals surface area contributed by atoms with Crippen molar-refractivity contribution in [3.8, 4) is 16.8 Å². The van der Waals surface area contributed by atoms with Crippen LogP contribution in [0.1, 0.15) is 35.7 Å². The van der Waals surface area contributed by atoms with Gasteiger partial charge in [0, 0.05) is 17.7 Å². The molecule has 13 heteroatoms. The van der Waals surface area contributed by atoms with Gasteiger partial charge in [0.25, 0.3) is 0 Å². The SMILES string of the molecule is O=C(O)CCOC(=O)Nc1ccc(-c2cnnc(C(NC(=O)CCc3ccccc3-n3cnnn3)c3ccccc3)c2)cc1. The number of aryl methyl sites for hydroxylation is 1. The Morgan fingerprint density at radius 1 is 0.886 bits per heavy atom. The van der Waals surface area contributed by atoms with Gasteiger partial charge < -0.3 is 15.2 Å². The molecule has 5 rings (SSSR count). The van der Waals surface area contributed by atoms with Crippen molar-refractivity contribution in [1.29, 1.82) is 0 Å². The molecule has 3 aromatic carbocycles. The lowest BCUT2D eigenvalue weighted by Crippen LogP contribution is -2.30. The van der Waals surface area contributed by atoms with Gasteiger partial charge in [-0.1, -0.05) is 60.7 Å². The van der Waals surface area contributed by atoms with Crippen LogP contribution in [-0.2, 0) is 20.7 Å². The average molecular weight is 593 g/mol. The molecule has 0 aliphatic heterocycles. The number of nitrogens with one attached hydrogen (secondary N) is 2. The van der Waals surface area contributed by atoms with Crippen LogP contribution in [0.15, 0.2) is 97.5 Å². The fraction of sp³-hybridized carbons (Fsp3) is 0.161. The van der Waals surface area contributed by atoms with Crippen LogP contribution in [0.4, 0.5) is 10.5 Å². The number of aromatic nitrogens is 6. The van der Waals surface area contributed by atoms with Gasteiger partial charge >= 0.3 is 12.1 Å². The van der Waals surface area contributed by atoms with E-state index in [1.165, 1.54) is 6.33 Å². The maximum atomic E-state index is 13.3. The number of para-hydroxylation sites is 1. The summed E-state index contributed by atoms with van der Waals surface area (Å²) in [4.78, 5) is 35.8. The second-order valence-electron chi connectivity index (χ2n) is 9.65. The van der Waals surface area contributed by atoms with Crippen molar-refractivity contribution in [2.45, 2.75) is 25.3 Å². The molecule has 0 aliphatic carbocycles. The largest absolute Gasteiger partial charge is 0.481 e. The molecule has 0 aliphatic rings. The first-order chi connectivity index (χ1) is 21.5. The lowest BCUT2D eigenvalue weighted by atomic mass is 10.00. The number of nitrogens with zero attached hydrogens (tertiary/aromatic N) is 6. The lowest BCUT2D eigenvalue weighted by Gasteiger charge is -2.19. The van der Waals surface area contributed by atoms with Crippen molar-refractivity contribution in [2.24, 2.45) is 0 Å². The van der Waals surface area contributed by atoms with Gasteiger partial charge in [0.15, 0.2) is 0 Å². The summed E-state index contributed by atoms with van der Waals surface area (Å²) in [5, 5.41) is 34.3. The number of carbonyl (C=O) groups excluding carboxylic acids is 2. The summed E-state index contributed by atoms with van der Waals surface area (Å²) < 4.78 is 6.43. The molecule has 1 unspecified atom stereocenters. The number of hydrogen-bond acceptors (Lipinski definition) is 9. The molecule has 44 heavy (non-hydrogen) atoms. The third-order valence-corrected chi connectivity index (χ3v) is 6.63. The lowest BCUT2D eigenvalue weighted by molar-refractivity contribution is -0.137. The number of amides is 2. The zero-order chi connectivity index (χ0) is 30.7. The Hall–Kier alpha value is -5.98. The number of hydrogen-bond donors (Lipinski definition) is 3. The molecule has 13 nitrogen and oxygen atoms in total. The molecule has 0 radical (unpaired) electrons. The minimum absolute atomic E-state index is 0.164. The Labute approximate surface area is 251 Å². The van der Waals surface area contributed by atoms with Crippen LogP contribution in [0.2, 0.25) is 0 Å². The first kappa shape index (κ1) is 29.5. The quantitative estimate of drug-likeness (QED) is 0.192. The van der Waals surface area contributed by atoms with Gasteiger partial charge in [-0.25, -0.2) is 9.48 Å². The molecule has 0 saturated carbocycles. The van der Waals surface area contributed by atoms with Crippen LogP contribution in [-0.4, -0.2) is 60.1 Å². The first-order valence-corrected chi connectivity index (χ1v) is 13.7. The number of anilines is 1. The van der Waals surface area contributed by atoms with Gasteiger partial charge in [-0.2, -0.15) is 10.2 Å². The fourth-order valence-corrected chi connectivity index (χ4v) is 4.49. The van der Waals surface area contributed by atoms with Crippen molar-refractivity contribution in [3.63, 3.8) is 0 Å². The zero-order valence-electron chi connectivity index (χ0n) is 23.4. The molecule has 0 bridgehead atoms. The Morgan fingerprint density at radius 3 is 2.41 bits per heavy atom. The summed E-state index contributed by atoms with van der Waals surface area (Å²) in [6, 6.07) is 25.5. The molecule has 0 fully saturated rings. The number of benzene rings is 3. The second-order valence-corrected chi connectivity index (χ2v) is 9.65. The maximum absolute atomic E-state index is 13.3. The summed E-state index contributed by atoms with van der Waals surface area (Å²) in [7, 11) is 0. The number of tetrazole rings is 1. The van der Waals surface area contributed by atoms with Gasteiger partial charge in [0.1, 0.15) is 12.9 Å². The minimum Gasteiger partial charge on any atom is -0.481 e.